The van der Waals surface area contributed by atoms with Crippen LogP contribution < -0.4 is 5.32 Å². The van der Waals surface area contributed by atoms with Gasteiger partial charge in [0, 0.05) is 6.54 Å². The van der Waals surface area contributed by atoms with Crippen LogP contribution in [0.3, 0.4) is 0 Å². The lowest BCUT2D eigenvalue weighted by Crippen LogP contribution is -2.38. The number of alkyl carbamates (subject to hydrolysis) is 1. The molecule has 1 saturated carbocycles. The van der Waals surface area contributed by atoms with Gasteiger partial charge in [0.2, 0.25) is 0 Å². The summed E-state index contributed by atoms with van der Waals surface area (Å²) >= 11 is 0. The quantitative estimate of drug-likeness (QED) is 0.727. The Bertz CT molecular complexity index is 241. The summed E-state index contributed by atoms with van der Waals surface area (Å²) in [6.07, 6.45) is 4.11. The zero-order chi connectivity index (χ0) is 12.2. The molecule has 0 bridgehead atoms. The molecule has 0 aliphatic heterocycles. The first-order chi connectivity index (χ1) is 7.31. The molecule has 0 aromatic carbocycles. The summed E-state index contributed by atoms with van der Waals surface area (Å²) in [7, 11) is 0. The Balaban J connectivity index is 2.04. The molecular formula is C12H23NO3. The lowest BCUT2D eigenvalue weighted by molar-refractivity contribution is -0.0415. The van der Waals surface area contributed by atoms with E-state index < -0.39 is 11.2 Å². The van der Waals surface area contributed by atoms with Crippen molar-refractivity contribution < 1.29 is 14.6 Å². The van der Waals surface area contributed by atoms with Crippen LogP contribution in [0.5, 0.6) is 0 Å². The first-order valence-corrected chi connectivity index (χ1v) is 6.00. The molecule has 0 aromatic rings. The van der Waals surface area contributed by atoms with Crippen molar-refractivity contribution in [2.45, 2.75) is 64.1 Å². The van der Waals surface area contributed by atoms with E-state index >= 15 is 0 Å². The zero-order valence-electron chi connectivity index (χ0n) is 10.5. The maximum atomic E-state index is 11.3. The summed E-state index contributed by atoms with van der Waals surface area (Å²) < 4.78 is 5.10. The third-order valence-electron chi connectivity index (χ3n) is 2.77. The molecule has 0 radical (unpaired) electrons. The molecule has 0 spiro atoms. The molecule has 94 valence electrons. The molecule has 0 aromatic heterocycles. The van der Waals surface area contributed by atoms with Gasteiger partial charge in [-0.05, 0) is 52.9 Å². The highest BCUT2D eigenvalue weighted by Gasteiger charge is 2.33. The normalized spacial score (nSPS) is 18.8. The Kier molecular flexibility index (Phi) is 4.19. The predicted molar refractivity (Wildman–Crippen MR) is 62.3 cm³/mol. The topological polar surface area (TPSA) is 58.6 Å². The summed E-state index contributed by atoms with van der Waals surface area (Å²) in [4.78, 5) is 11.3. The molecule has 1 aliphatic carbocycles. The standard InChI is InChI=1S/C12H23NO3/c1-11(2,3)16-10(14)13-9-5-8-12(15)6-4-7-12/h15H,4-9H2,1-3H3,(H,13,14). The summed E-state index contributed by atoms with van der Waals surface area (Å²) in [6, 6.07) is 0. The maximum absolute atomic E-state index is 11.3. The SMILES string of the molecule is CC(C)(C)OC(=O)NCCCC1(O)CCC1. The van der Waals surface area contributed by atoms with Crippen molar-refractivity contribution in [2.24, 2.45) is 0 Å². The van der Waals surface area contributed by atoms with Gasteiger partial charge in [-0.25, -0.2) is 4.79 Å². The molecule has 1 aliphatic rings. The van der Waals surface area contributed by atoms with E-state index in [1.165, 1.54) is 0 Å². The lowest BCUT2D eigenvalue weighted by Gasteiger charge is -2.36. The Hall–Kier alpha value is -0.770. The molecule has 0 atom stereocenters. The number of hydrogen-bond acceptors (Lipinski definition) is 3. The van der Waals surface area contributed by atoms with E-state index in [0.29, 0.717) is 6.54 Å². The molecule has 1 fully saturated rings. The molecule has 2 N–H and O–H groups in total. The minimum atomic E-state index is -0.449. The van der Waals surface area contributed by atoms with Crippen LogP contribution >= 0.6 is 0 Å². The van der Waals surface area contributed by atoms with E-state index in [0.717, 1.165) is 32.1 Å². The average molecular weight is 229 g/mol. The van der Waals surface area contributed by atoms with Crippen LogP contribution in [-0.2, 0) is 4.74 Å². The predicted octanol–water partition coefficient (Wildman–Crippen LogP) is 2.21. The van der Waals surface area contributed by atoms with E-state index in [9.17, 15) is 9.90 Å². The van der Waals surface area contributed by atoms with Gasteiger partial charge in [0.25, 0.3) is 0 Å². The largest absolute Gasteiger partial charge is 0.444 e. The average Bonchev–Trinajstić information content (AvgIpc) is 2.06. The van der Waals surface area contributed by atoms with E-state index in [4.69, 9.17) is 4.74 Å². The number of ether oxygens (including phenoxy) is 1. The van der Waals surface area contributed by atoms with Crippen molar-refractivity contribution >= 4 is 6.09 Å². The highest BCUT2D eigenvalue weighted by Crippen LogP contribution is 2.35. The van der Waals surface area contributed by atoms with Crippen molar-refractivity contribution in [3.8, 4) is 0 Å². The number of carbonyl (C=O) groups is 1. The fourth-order valence-corrected chi connectivity index (χ4v) is 1.76. The van der Waals surface area contributed by atoms with Crippen LogP contribution in [0.15, 0.2) is 0 Å². The van der Waals surface area contributed by atoms with Gasteiger partial charge < -0.3 is 15.2 Å². The van der Waals surface area contributed by atoms with Crippen LogP contribution in [-0.4, -0.2) is 28.9 Å². The Morgan fingerprint density at radius 3 is 2.50 bits per heavy atom. The number of nitrogens with one attached hydrogen (secondary N) is 1. The molecule has 0 heterocycles. The van der Waals surface area contributed by atoms with Gasteiger partial charge in [-0.2, -0.15) is 0 Å². The fourth-order valence-electron chi connectivity index (χ4n) is 1.76. The van der Waals surface area contributed by atoms with Gasteiger partial charge in [0.15, 0.2) is 0 Å². The number of aliphatic hydroxyl groups is 1. The Morgan fingerprint density at radius 2 is 2.06 bits per heavy atom. The highest BCUT2D eigenvalue weighted by atomic mass is 16.6. The number of amides is 1. The smallest absolute Gasteiger partial charge is 0.407 e. The van der Waals surface area contributed by atoms with E-state index in [1.807, 2.05) is 20.8 Å². The van der Waals surface area contributed by atoms with Crippen LogP contribution in [0.4, 0.5) is 4.79 Å². The Morgan fingerprint density at radius 1 is 1.44 bits per heavy atom. The molecular weight excluding hydrogens is 206 g/mol. The number of hydrogen-bond donors (Lipinski definition) is 2. The van der Waals surface area contributed by atoms with E-state index in [2.05, 4.69) is 5.32 Å². The Labute approximate surface area is 97.4 Å². The van der Waals surface area contributed by atoms with Gasteiger partial charge >= 0.3 is 6.09 Å². The molecule has 1 amide bonds. The summed E-state index contributed by atoms with van der Waals surface area (Å²) in [5, 5.41) is 12.5. The van der Waals surface area contributed by atoms with E-state index in [1.54, 1.807) is 0 Å². The number of carbonyl (C=O) groups excluding carboxylic acids is 1. The first-order valence-electron chi connectivity index (χ1n) is 6.00. The molecule has 0 saturated heterocycles. The van der Waals surface area contributed by atoms with Crippen LogP contribution in [0, 0.1) is 0 Å². The zero-order valence-corrected chi connectivity index (χ0v) is 10.5. The molecule has 16 heavy (non-hydrogen) atoms. The molecule has 1 rings (SSSR count). The number of rotatable bonds is 4. The third-order valence-corrected chi connectivity index (χ3v) is 2.77. The van der Waals surface area contributed by atoms with E-state index in [-0.39, 0.29) is 6.09 Å². The van der Waals surface area contributed by atoms with Gasteiger partial charge in [0.05, 0.1) is 5.60 Å². The van der Waals surface area contributed by atoms with Crippen LogP contribution in [0.2, 0.25) is 0 Å². The lowest BCUT2D eigenvalue weighted by atomic mass is 9.77. The van der Waals surface area contributed by atoms with Crippen LogP contribution in [0.25, 0.3) is 0 Å². The monoisotopic (exact) mass is 229 g/mol. The highest BCUT2D eigenvalue weighted by molar-refractivity contribution is 5.67. The van der Waals surface area contributed by atoms with Gasteiger partial charge in [-0.3, -0.25) is 0 Å². The summed E-state index contributed by atoms with van der Waals surface area (Å²) in [5.74, 6) is 0. The second-order valence-electron chi connectivity index (χ2n) is 5.61. The molecule has 4 heteroatoms. The van der Waals surface area contributed by atoms with Crippen LogP contribution in [0.1, 0.15) is 52.9 Å². The maximum Gasteiger partial charge on any atom is 0.407 e. The fraction of sp³-hybridized carbons (Fsp3) is 0.917. The summed E-state index contributed by atoms with van der Waals surface area (Å²) in [5.41, 5.74) is -0.897. The van der Waals surface area contributed by atoms with Gasteiger partial charge in [0.1, 0.15) is 5.60 Å². The molecule has 0 unspecified atom stereocenters. The third kappa shape index (κ3) is 4.84. The first kappa shape index (κ1) is 13.3. The summed E-state index contributed by atoms with van der Waals surface area (Å²) in [6.45, 7) is 6.08. The van der Waals surface area contributed by atoms with Gasteiger partial charge in [-0.15, -0.1) is 0 Å². The van der Waals surface area contributed by atoms with Gasteiger partial charge in [-0.1, -0.05) is 0 Å². The second-order valence-corrected chi connectivity index (χ2v) is 5.61. The second kappa shape index (κ2) is 5.04. The minimum absolute atomic E-state index is 0.381. The molecule has 4 nitrogen and oxygen atoms in total. The van der Waals surface area contributed by atoms with Crippen molar-refractivity contribution in [2.75, 3.05) is 6.54 Å². The van der Waals surface area contributed by atoms with Crippen molar-refractivity contribution in [3.63, 3.8) is 0 Å². The minimum Gasteiger partial charge on any atom is -0.444 e. The van der Waals surface area contributed by atoms with Crippen molar-refractivity contribution in [1.29, 1.82) is 0 Å². The van der Waals surface area contributed by atoms with Crippen molar-refractivity contribution in [3.05, 3.63) is 0 Å². The van der Waals surface area contributed by atoms with Crippen molar-refractivity contribution in [1.82, 2.24) is 5.32 Å².